The highest BCUT2D eigenvalue weighted by atomic mass is 35.5. The molecule has 118 valence electrons. The van der Waals surface area contributed by atoms with Crippen LogP contribution in [0.25, 0.3) is 11.3 Å². The minimum atomic E-state index is -0.172. The third kappa shape index (κ3) is 5.34. The normalized spacial score (nSPS) is 9.55. The Kier molecular flexibility index (Phi) is 6.81. The van der Waals surface area contributed by atoms with Crippen molar-refractivity contribution >= 4 is 40.7 Å². The fourth-order valence-corrected chi connectivity index (χ4v) is 2.30. The minimum absolute atomic E-state index is 0. The first kappa shape index (κ1) is 17.9. The molecule has 1 aromatic heterocycles. The lowest BCUT2D eigenvalue weighted by Gasteiger charge is -2.03. The maximum Gasteiger partial charge on any atom is 0.235 e. The molecule has 6 nitrogen and oxygen atoms in total. The fourth-order valence-electron chi connectivity index (χ4n) is 1.63. The molecule has 0 radical (unpaired) electrons. The number of nitrogens with one attached hydrogen (secondary N) is 3. The Morgan fingerprint density at radius 3 is 2.41 bits per heavy atom. The smallest absolute Gasteiger partial charge is 0.235 e. The van der Waals surface area contributed by atoms with Crippen LogP contribution >= 0.6 is 23.7 Å². The number of amides is 2. The molecule has 0 bridgehead atoms. The topological polar surface area (TPSA) is 83.1 Å². The number of benzene rings is 1. The molecular formula is C14H17ClN4O2S. The van der Waals surface area contributed by atoms with Crippen molar-refractivity contribution in [3.05, 3.63) is 35.2 Å². The summed E-state index contributed by atoms with van der Waals surface area (Å²) in [7, 11) is 0. The molecule has 8 heteroatoms. The van der Waals surface area contributed by atoms with Crippen LogP contribution in [0.4, 0.5) is 5.13 Å². The zero-order valence-electron chi connectivity index (χ0n) is 12.2. The van der Waals surface area contributed by atoms with Gasteiger partial charge in [-0.2, -0.15) is 0 Å². The minimum Gasteiger partial charge on any atom is -0.352 e. The highest BCUT2D eigenvalue weighted by molar-refractivity contribution is 7.14. The second-order valence-electron chi connectivity index (χ2n) is 4.45. The zero-order valence-corrected chi connectivity index (χ0v) is 13.8. The molecule has 1 aromatic carbocycles. The van der Waals surface area contributed by atoms with Crippen LogP contribution in [0.3, 0.4) is 0 Å². The lowest BCUT2D eigenvalue weighted by atomic mass is 10.1. The van der Waals surface area contributed by atoms with Crippen LogP contribution in [0, 0.1) is 0 Å². The van der Waals surface area contributed by atoms with Gasteiger partial charge in [0.15, 0.2) is 0 Å². The van der Waals surface area contributed by atoms with Gasteiger partial charge in [-0.25, -0.2) is 4.98 Å². The third-order valence-corrected chi connectivity index (χ3v) is 3.40. The monoisotopic (exact) mass is 340 g/mol. The predicted octanol–water partition coefficient (Wildman–Crippen LogP) is 2.33. The van der Waals surface area contributed by atoms with E-state index in [-0.39, 0.29) is 24.2 Å². The third-order valence-electron chi connectivity index (χ3n) is 2.64. The van der Waals surface area contributed by atoms with E-state index in [0.29, 0.717) is 11.7 Å². The molecule has 0 aliphatic rings. The zero-order chi connectivity index (χ0) is 15.2. The molecule has 2 rings (SSSR count). The van der Waals surface area contributed by atoms with Gasteiger partial charge in [0.2, 0.25) is 16.9 Å². The summed E-state index contributed by atoms with van der Waals surface area (Å²) in [6.45, 7) is 3.44. The maximum atomic E-state index is 10.9. The van der Waals surface area contributed by atoms with Crippen molar-refractivity contribution in [2.24, 2.45) is 0 Å². The van der Waals surface area contributed by atoms with E-state index in [4.69, 9.17) is 0 Å². The van der Waals surface area contributed by atoms with E-state index >= 15 is 0 Å². The summed E-state index contributed by atoms with van der Waals surface area (Å²) < 4.78 is 0. The maximum absolute atomic E-state index is 10.9. The van der Waals surface area contributed by atoms with E-state index < -0.39 is 0 Å². The highest BCUT2D eigenvalue weighted by Crippen LogP contribution is 2.24. The number of hydrogen-bond donors (Lipinski definition) is 3. The van der Waals surface area contributed by atoms with Crippen LogP contribution in [-0.4, -0.2) is 16.8 Å². The molecule has 0 unspecified atom stereocenters. The molecule has 3 N–H and O–H groups in total. The Bertz CT molecular complexity index is 643. The van der Waals surface area contributed by atoms with Crippen LogP contribution in [0.2, 0.25) is 0 Å². The van der Waals surface area contributed by atoms with Crippen molar-refractivity contribution in [3.8, 4) is 11.3 Å². The van der Waals surface area contributed by atoms with Gasteiger partial charge in [0.1, 0.15) is 0 Å². The number of thiazole rings is 1. The van der Waals surface area contributed by atoms with E-state index in [2.05, 4.69) is 21.2 Å². The molecule has 0 saturated carbocycles. The standard InChI is InChI=1S/C14H16N4O2S.ClH/c1-9(19)15-7-11-3-5-12(6-4-11)13-8-21-14(16-13)18-17-10(2)20;/h3-6,8H,7H2,1-2H3,(H,15,19)(H,16,18)(H,17,20);1H. The molecule has 2 amide bonds. The number of nitrogens with zero attached hydrogens (tertiary/aromatic N) is 1. The van der Waals surface area contributed by atoms with Gasteiger partial charge in [0, 0.05) is 31.3 Å². The molecule has 22 heavy (non-hydrogen) atoms. The lowest BCUT2D eigenvalue weighted by Crippen LogP contribution is -2.26. The van der Waals surface area contributed by atoms with E-state index in [1.807, 2.05) is 29.6 Å². The quantitative estimate of drug-likeness (QED) is 0.729. The van der Waals surface area contributed by atoms with E-state index in [0.717, 1.165) is 16.8 Å². The van der Waals surface area contributed by atoms with Crippen LogP contribution in [0.15, 0.2) is 29.6 Å². The molecule has 0 aliphatic heterocycles. The summed E-state index contributed by atoms with van der Waals surface area (Å²) in [5, 5.41) is 5.29. The fraction of sp³-hybridized carbons (Fsp3) is 0.214. The summed E-state index contributed by atoms with van der Waals surface area (Å²) in [6.07, 6.45) is 0. The van der Waals surface area contributed by atoms with Gasteiger partial charge in [0.25, 0.3) is 0 Å². The summed E-state index contributed by atoms with van der Waals surface area (Å²) in [5.41, 5.74) is 8.06. The predicted molar refractivity (Wildman–Crippen MR) is 89.8 cm³/mol. The molecule has 0 aliphatic carbocycles. The molecular weight excluding hydrogens is 324 g/mol. The molecule has 0 spiro atoms. The van der Waals surface area contributed by atoms with E-state index in [1.54, 1.807) is 0 Å². The Balaban J connectivity index is 0.00000242. The number of carbonyl (C=O) groups is 2. The van der Waals surface area contributed by atoms with Gasteiger partial charge < -0.3 is 5.32 Å². The van der Waals surface area contributed by atoms with Crippen LogP contribution in [0.1, 0.15) is 19.4 Å². The van der Waals surface area contributed by atoms with Gasteiger partial charge in [-0.15, -0.1) is 23.7 Å². The Morgan fingerprint density at radius 2 is 1.82 bits per heavy atom. The lowest BCUT2D eigenvalue weighted by molar-refractivity contribution is -0.119. The summed E-state index contributed by atoms with van der Waals surface area (Å²) >= 11 is 1.41. The van der Waals surface area contributed by atoms with Crippen molar-refractivity contribution in [3.63, 3.8) is 0 Å². The van der Waals surface area contributed by atoms with Crippen LogP contribution < -0.4 is 16.2 Å². The van der Waals surface area contributed by atoms with Crippen LogP contribution in [-0.2, 0) is 16.1 Å². The molecule has 0 atom stereocenters. The van der Waals surface area contributed by atoms with Gasteiger partial charge >= 0.3 is 0 Å². The number of carbonyl (C=O) groups excluding carboxylic acids is 2. The number of rotatable bonds is 5. The average Bonchev–Trinajstić information content (AvgIpc) is 2.92. The molecule has 0 fully saturated rings. The molecule has 1 heterocycles. The van der Waals surface area contributed by atoms with E-state index in [1.165, 1.54) is 25.2 Å². The second-order valence-corrected chi connectivity index (χ2v) is 5.31. The molecule has 0 saturated heterocycles. The van der Waals surface area contributed by atoms with E-state index in [9.17, 15) is 9.59 Å². The Labute approximate surface area is 138 Å². The van der Waals surface area contributed by atoms with Gasteiger partial charge in [-0.1, -0.05) is 24.3 Å². The van der Waals surface area contributed by atoms with Gasteiger partial charge in [-0.3, -0.25) is 20.4 Å². The van der Waals surface area contributed by atoms with Gasteiger partial charge in [-0.05, 0) is 5.56 Å². The largest absolute Gasteiger partial charge is 0.352 e. The molecule has 2 aromatic rings. The van der Waals surface area contributed by atoms with Crippen molar-refractivity contribution in [2.75, 3.05) is 5.43 Å². The summed E-state index contributed by atoms with van der Waals surface area (Å²) in [6, 6.07) is 7.81. The van der Waals surface area contributed by atoms with Crippen molar-refractivity contribution in [1.82, 2.24) is 15.7 Å². The van der Waals surface area contributed by atoms with Crippen molar-refractivity contribution in [2.45, 2.75) is 20.4 Å². The number of hydrogen-bond acceptors (Lipinski definition) is 5. The second kappa shape index (κ2) is 8.35. The number of aromatic nitrogens is 1. The summed E-state index contributed by atoms with van der Waals surface area (Å²) in [5.74, 6) is -0.221. The SMILES string of the molecule is CC(=O)NCc1ccc(-c2csc(NNC(C)=O)n2)cc1.Cl. The van der Waals surface area contributed by atoms with Gasteiger partial charge in [0.05, 0.1) is 5.69 Å². The van der Waals surface area contributed by atoms with Crippen molar-refractivity contribution < 1.29 is 9.59 Å². The van der Waals surface area contributed by atoms with Crippen molar-refractivity contribution in [1.29, 1.82) is 0 Å². The Hall–Kier alpha value is -2.12. The number of anilines is 1. The first-order valence-electron chi connectivity index (χ1n) is 6.36. The number of halogens is 1. The summed E-state index contributed by atoms with van der Waals surface area (Å²) in [4.78, 5) is 26.1. The number of hydrazine groups is 1. The highest BCUT2D eigenvalue weighted by Gasteiger charge is 2.05. The first-order chi connectivity index (χ1) is 10.0. The van der Waals surface area contributed by atoms with Crippen LogP contribution in [0.5, 0.6) is 0 Å². The average molecular weight is 341 g/mol. The first-order valence-corrected chi connectivity index (χ1v) is 7.24. The Morgan fingerprint density at radius 1 is 1.14 bits per heavy atom.